The number of carbonyl (C=O) groups excluding carboxylic acids is 1. The van der Waals surface area contributed by atoms with Crippen LogP contribution in [-0.4, -0.2) is 49.7 Å². The zero-order valence-electron chi connectivity index (χ0n) is 13.8. The highest BCUT2D eigenvalue weighted by Crippen LogP contribution is 2.59. The molecule has 4 unspecified atom stereocenters. The number of hydrogen-bond acceptors (Lipinski definition) is 5. The van der Waals surface area contributed by atoms with Crippen LogP contribution in [0.1, 0.15) is 40.0 Å². The zero-order valence-corrected chi connectivity index (χ0v) is 13.8. The molecule has 1 radical (unpaired) electrons. The van der Waals surface area contributed by atoms with E-state index >= 15 is 0 Å². The van der Waals surface area contributed by atoms with Gasteiger partial charge >= 0.3 is 6.47 Å². The maximum absolute atomic E-state index is 10.7. The van der Waals surface area contributed by atoms with Crippen molar-refractivity contribution in [3.8, 4) is 0 Å². The molecular weight excluding hydrogens is 284 g/mol. The van der Waals surface area contributed by atoms with Crippen molar-refractivity contribution in [1.29, 1.82) is 0 Å². The molecule has 5 heteroatoms. The fraction of sp³-hybridized carbons (Fsp3) is 0.824. The molecule has 0 N–H and O–H groups in total. The van der Waals surface area contributed by atoms with Crippen molar-refractivity contribution in [3.05, 3.63) is 11.6 Å². The Bertz CT molecular complexity index is 466. The molecule has 0 aromatic heterocycles. The Balaban J connectivity index is 1.79. The first-order valence-corrected chi connectivity index (χ1v) is 7.97. The van der Waals surface area contributed by atoms with E-state index in [1.165, 1.54) is 5.57 Å². The Morgan fingerprint density at radius 2 is 2.18 bits per heavy atom. The van der Waals surface area contributed by atoms with Crippen LogP contribution < -0.4 is 0 Å². The molecule has 1 aliphatic carbocycles. The summed E-state index contributed by atoms with van der Waals surface area (Å²) < 4.78 is 22.7. The van der Waals surface area contributed by atoms with Crippen molar-refractivity contribution < 1.29 is 23.7 Å². The monoisotopic (exact) mass is 309 g/mol. The normalized spacial score (nSPS) is 46.2. The van der Waals surface area contributed by atoms with Gasteiger partial charge in [0, 0.05) is 7.11 Å². The lowest BCUT2D eigenvalue weighted by Gasteiger charge is -2.42. The molecule has 3 rings (SSSR count). The molecule has 0 bridgehead atoms. The van der Waals surface area contributed by atoms with E-state index in [1.54, 1.807) is 13.6 Å². The minimum absolute atomic E-state index is 0.0765. The first-order valence-electron chi connectivity index (χ1n) is 7.97. The molecule has 5 nitrogen and oxygen atoms in total. The second-order valence-corrected chi connectivity index (χ2v) is 7.12. The molecule has 1 spiro atoms. The van der Waals surface area contributed by atoms with E-state index in [1.807, 2.05) is 0 Å². The standard InChI is InChI=1S/C17H25O5/c1-11(2)5-6-13-16(3,22-13)15-14(19-4)12(20-10-18)7-8-17(15)9-21-17/h5,12-15H,6-9H2,1-4H3/t12?,13-,14?,15?,16+,17?/m1/s1. The SMILES string of the molecule is COC1C(O[C]=O)CCC2(CO2)C1[C@@]1(C)O[C@@H]1CC=C(C)C. The van der Waals surface area contributed by atoms with Crippen molar-refractivity contribution in [2.45, 2.75) is 69.5 Å². The summed E-state index contributed by atoms with van der Waals surface area (Å²) in [5, 5.41) is 0. The van der Waals surface area contributed by atoms with E-state index in [2.05, 4.69) is 26.8 Å². The highest BCUT2D eigenvalue weighted by molar-refractivity contribution is 5.39. The number of allylic oxidation sites excluding steroid dienone is 1. The average Bonchev–Trinajstić information content (AvgIpc) is 3.37. The number of hydrogen-bond donors (Lipinski definition) is 0. The lowest BCUT2D eigenvalue weighted by atomic mass is 9.68. The Morgan fingerprint density at radius 3 is 2.73 bits per heavy atom. The van der Waals surface area contributed by atoms with E-state index in [0.29, 0.717) is 0 Å². The topological polar surface area (TPSA) is 60.6 Å². The Morgan fingerprint density at radius 1 is 1.45 bits per heavy atom. The van der Waals surface area contributed by atoms with Crippen LogP contribution in [0, 0.1) is 5.92 Å². The molecule has 2 heterocycles. The van der Waals surface area contributed by atoms with Crippen molar-refractivity contribution in [1.82, 2.24) is 0 Å². The first-order chi connectivity index (χ1) is 10.5. The minimum atomic E-state index is -0.284. The fourth-order valence-corrected chi connectivity index (χ4v) is 4.13. The first kappa shape index (κ1) is 16.0. The fourth-order valence-electron chi connectivity index (χ4n) is 4.13. The summed E-state index contributed by atoms with van der Waals surface area (Å²) in [6.45, 7) is 8.62. The van der Waals surface area contributed by atoms with Crippen LogP contribution in [-0.2, 0) is 23.7 Å². The van der Waals surface area contributed by atoms with E-state index in [9.17, 15) is 4.79 Å². The number of rotatable bonds is 6. The third-order valence-electron chi connectivity index (χ3n) is 5.44. The van der Waals surface area contributed by atoms with E-state index in [0.717, 1.165) is 25.9 Å². The molecule has 0 aromatic carbocycles. The van der Waals surface area contributed by atoms with Gasteiger partial charge in [0.1, 0.15) is 23.4 Å². The molecule has 22 heavy (non-hydrogen) atoms. The van der Waals surface area contributed by atoms with Gasteiger partial charge in [0.2, 0.25) is 0 Å². The van der Waals surface area contributed by atoms with Gasteiger partial charge in [0.15, 0.2) is 0 Å². The van der Waals surface area contributed by atoms with Crippen molar-refractivity contribution in [2.24, 2.45) is 5.92 Å². The lowest BCUT2D eigenvalue weighted by molar-refractivity contribution is -0.111. The summed E-state index contributed by atoms with van der Waals surface area (Å²) in [5.74, 6) is 0.0765. The summed E-state index contributed by atoms with van der Waals surface area (Å²) in [7, 11) is 1.66. The summed E-state index contributed by atoms with van der Waals surface area (Å²) in [5.41, 5.74) is 0.838. The predicted molar refractivity (Wildman–Crippen MR) is 80.1 cm³/mol. The van der Waals surface area contributed by atoms with Crippen LogP contribution in [0.25, 0.3) is 0 Å². The third-order valence-corrected chi connectivity index (χ3v) is 5.44. The molecule has 0 amide bonds. The van der Waals surface area contributed by atoms with Crippen LogP contribution in [0.4, 0.5) is 0 Å². The molecular formula is C17H25O5. The van der Waals surface area contributed by atoms with Gasteiger partial charge in [-0.05, 0) is 40.0 Å². The summed E-state index contributed by atoms with van der Waals surface area (Å²) in [4.78, 5) is 10.7. The van der Waals surface area contributed by atoms with Gasteiger partial charge in [-0.1, -0.05) is 11.6 Å². The number of ether oxygens (including phenoxy) is 4. The molecule has 3 fully saturated rings. The summed E-state index contributed by atoms with van der Waals surface area (Å²) >= 11 is 0. The van der Waals surface area contributed by atoms with Gasteiger partial charge in [-0.15, -0.1) is 0 Å². The summed E-state index contributed by atoms with van der Waals surface area (Å²) in [6, 6.07) is 0. The molecule has 2 aliphatic heterocycles. The molecule has 1 saturated carbocycles. The van der Waals surface area contributed by atoms with Gasteiger partial charge in [-0.3, -0.25) is 0 Å². The molecule has 123 valence electrons. The maximum Gasteiger partial charge on any atom is 0.417 e. The largest absolute Gasteiger partial charge is 0.451 e. The van der Waals surface area contributed by atoms with Crippen molar-refractivity contribution in [2.75, 3.05) is 13.7 Å². The van der Waals surface area contributed by atoms with E-state index in [4.69, 9.17) is 18.9 Å². The zero-order chi connectivity index (χ0) is 16.0. The van der Waals surface area contributed by atoms with Crippen molar-refractivity contribution >= 4 is 6.47 Å². The van der Waals surface area contributed by atoms with Crippen LogP contribution in [0.15, 0.2) is 11.6 Å². The van der Waals surface area contributed by atoms with Crippen LogP contribution >= 0.6 is 0 Å². The molecule has 6 atom stereocenters. The van der Waals surface area contributed by atoms with Crippen molar-refractivity contribution in [3.63, 3.8) is 0 Å². The van der Waals surface area contributed by atoms with Gasteiger partial charge in [0.05, 0.1) is 18.6 Å². The third kappa shape index (κ3) is 2.59. The highest BCUT2D eigenvalue weighted by Gasteiger charge is 2.72. The second-order valence-electron chi connectivity index (χ2n) is 7.12. The lowest BCUT2D eigenvalue weighted by Crippen LogP contribution is -2.55. The van der Waals surface area contributed by atoms with Gasteiger partial charge in [-0.2, -0.15) is 0 Å². The van der Waals surface area contributed by atoms with Crippen LogP contribution in [0.3, 0.4) is 0 Å². The quantitative estimate of drug-likeness (QED) is 0.556. The highest BCUT2D eigenvalue weighted by atomic mass is 16.6. The Kier molecular flexibility index (Phi) is 4.08. The molecule has 2 saturated heterocycles. The minimum Gasteiger partial charge on any atom is -0.451 e. The predicted octanol–water partition coefficient (Wildman–Crippen LogP) is 2.15. The molecule has 3 aliphatic rings. The average molecular weight is 309 g/mol. The van der Waals surface area contributed by atoms with Gasteiger partial charge < -0.3 is 18.9 Å². The Hall–Kier alpha value is -0.910. The number of epoxide rings is 2. The second kappa shape index (κ2) is 5.62. The maximum atomic E-state index is 10.7. The van der Waals surface area contributed by atoms with Gasteiger partial charge in [-0.25, -0.2) is 4.79 Å². The van der Waals surface area contributed by atoms with E-state index in [-0.39, 0.29) is 35.4 Å². The van der Waals surface area contributed by atoms with E-state index < -0.39 is 0 Å². The summed E-state index contributed by atoms with van der Waals surface area (Å²) in [6.07, 6.45) is 4.41. The number of methoxy groups -OCH3 is 1. The van der Waals surface area contributed by atoms with Crippen LogP contribution in [0.2, 0.25) is 0 Å². The van der Waals surface area contributed by atoms with Gasteiger partial charge in [0.25, 0.3) is 0 Å². The molecule has 0 aromatic rings. The van der Waals surface area contributed by atoms with Crippen LogP contribution in [0.5, 0.6) is 0 Å². The smallest absolute Gasteiger partial charge is 0.417 e. The Labute approximate surface area is 131 Å².